The molecule has 3 aromatic heterocycles. The molecule has 0 aromatic carbocycles. The molecule has 8 heteroatoms. The molecule has 3 rings (SSSR count). The minimum atomic E-state index is -0.209. The van der Waals surface area contributed by atoms with Crippen LogP contribution < -0.4 is 5.56 Å². The van der Waals surface area contributed by atoms with Gasteiger partial charge in [-0.25, -0.2) is 4.98 Å². The Bertz CT molecular complexity index is 858. The number of imidazole rings is 1. The topological polar surface area (TPSA) is 89.6 Å². The van der Waals surface area contributed by atoms with E-state index in [9.17, 15) is 4.79 Å². The van der Waals surface area contributed by atoms with Crippen LogP contribution in [0.5, 0.6) is 0 Å². The zero-order valence-electron chi connectivity index (χ0n) is 12.3. The molecule has 3 aromatic rings. The van der Waals surface area contributed by atoms with Crippen molar-refractivity contribution in [1.29, 1.82) is 0 Å². The lowest BCUT2D eigenvalue weighted by Crippen LogP contribution is -2.09. The van der Waals surface area contributed by atoms with Gasteiger partial charge in [-0.1, -0.05) is 30.6 Å². The molecule has 0 saturated carbocycles. The van der Waals surface area contributed by atoms with Crippen LogP contribution in [0.4, 0.5) is 0 Å². The van der Waals surface area contributed by atoms with Crippen LogP contribution in [-0.2, 0) is 7.05 Å². The number of H-pyrrole nitrogens is 1. The van der Waals surface area contributed by atoms with Crippen molar-refractivity contribution in [3.63, 3.8) is 0 Å². The molecule has 0 aliphatic heterocycles. The summed E-state index contributed by atoms with van der Waals surface area (Å²) in [4.78, 5) is 22.8. The summed E-state index contributed by atoms with van der Waals surface area (Å²) in [6.07, 6.45) is 1.57. The van der Waals surface area contributed by atoms with Gasteiger partial charge in [-0.05, 0) is 12.0 Å². The second-order valence-corrected chi connectivity index (χ2v) is 5.62. The third-order valence-electron chi connectivity index (χ3n) is 3.26. The van der Waals surface area contributed by atoms with Crippen molar-refractivity contribution in [1.82, 2.24) is 24.7 Å². The van der Waals surface area contributed by atoms with Crippen LogP contribution in [0.25, 0.3) is 23.0 Å². The van der Waals surface area contributed by atoms with Crippen LogP contribution in [0, 0.1) is 0 Å². The first-order valence-corrected chi connectivity index (χ1v) is 7.09. The molecule has 0 aliphatic rings. The fourth-order valence-electron chi connectivity index (χ4n) is 2.09. The first-order chi connectivity index (χ1) is 10.5. The molecular weight excluding hydrogens is 306 g/mol. The van der Waals surface area contributed by atoms with Crippen molar-refractivity contribution in [2.45, 2.75) is 19.8 Å². The average Bonchev–Trinajstić information content (AvgIpc) is 3.05. The zero-order valence-corrected chi connectivity index (χ0v) is 13.0. The minimum Gasteiger partial charge on any atom is -0.334 e. The summed E-state index contributed by atoms with van der Waals surface area (Å²) in [7, 11) is 1.79. The summed E-state index contributed by atoms with van der Waals surface area (Å²) >= 11 is 6.02. The Morgan fingerprint density at radius 1 is 1.36 bits per heavy atom. The lowest BCUT2D eigenvalue weighted by molar-refractivity contribution is 0.431. The Morgan fingerprint density at radius 2 is 2.14 bits per heavy atom. The SMILES string of the molecule is CC(C)c1cc(-c2nc(-c3c(Cl)ncn3C)no2)cc(=O)[nH]1. The molecule has 0 fully saturated rings. The Kier molecular flexibility index (Phi) is 3.58. The molecule has 22 heavy (non-hydrogen) atoms. The number of aromatic amines is 1. The van der Waals surface area contributed by atoms with Crippen molar-refractivity contribution in [3.8, 4) is 23.0 Å². The molecule has 0 spiro atoms. The van der Waals surface area contributed by atoms with Crippen molar-refractivity contribution >= 4 is 11.6 Å². The molecule has 0 aliphatic carbocycles. The number of aromatic nitrogens is 5. The fourth-order valence-corrected chi connectivity index (χ4v) is 2.35. The molecule has 114 valence electrons. The molecule has 0 unspecified atom stereocenters. The van der Waals surface area contributed by atoms with Crippen molar-refractivity contribution < 1.29 is 4.52 Å². The highest BCUT2D eigenvalue weighted by atomic mass is 35.5. The standard InChI is InChI=1S/C14H14ClN5O2/c1-7(2)9-4-8(5-10(21)17-9)14-18-13(19-22-14)11-12(15)16-6-20(11)3/h4-7H,1-3H3,(H,17,21). The number of nitrogens with one attached hydrogen (secondary N) is 1. The Labute approximate surface area is 131 Å². The highest BCUT2D eigenvalue weighted by Gasteiger charge is 2.18. The van der Waals surface area contributed by atoms with Gasteiger partial charge in [0.15, 0.2) is 5.15 Å². The van der Waals surface area contributed by atoms with Crippen LogP contribution in [0.3, 0.4) is 0 Å². The highest BCUT2D eigenvalue weighted by Crippen LogP contribution is 2.26. The normalized spacial score (nSPS) is 11.3. The Morgan fingerprint density at radius 3 is 2.77 bits per heavy atom. The average molecular weight is 320 g/mol. The van der Waals surface area contributed by atoms with Crippen LogP contribution in [0.1, 0.15) is 25.5 Å². The smallest absolute Gasteiger partial charge is 0.258 e. The van der Waals surface area contributed by atoms with Gasteiger partial charge in [0.1, 0.15) is 5.69 Å². The van der Waals surface area contributed by atoms with E-state index in [1.54, 1.807) is 17.9 Å². The Balaban J connectivity index is 2.07. The summed E-state index contributed by atoms with van der Waals surface area (Å²) in [5, 5.41) is 4.21. The first kappa shape index (κ1) is 14.5. The maximum absolute atomic E-state index is 11.8. The number of pyridine rings is 1. The number of aryl methyl sites for hydroxylation is 1. The van der Waals surface area contributed by atoms with Gasteiger partial charge >= 0.3 is 0 Å². The van der Waals surface area contributed by atoms with Gasteiger partial charge in [-0.3, -0.25) is 4.79 Å². The van der Waals surface area contributed by atoms with Crippen molar-refractivity contribution in [3.05, 3.63) is 39.7 Å². The molecule has 0 bridgehead atoms. The second-order valence-electron chi connectivity index (χ2n) is 5.26. The van der Waals surface area contributed by atoms with Gasteiger partial charge in [0.2, 0.25) is 11.4 Å². The number of hydrogen-bond acceptors (Lipinski definition) is 5. The molecule has 3 heterocycles. The zero-order chi connectivity index (χ0) is 15.9. The first-order valence-electron chi connectivity index (χ1n) is 6.71. The van der Waals surface area contributed by atoms with E-state index in [2.05, 4.69) is 20.1 Å². The molecule has 0 amide bonds. The van der Waals surface area contributed by atoms with Gasteiger partial charge < -0.3 is 14.1 Å². The van der Waals surface area contributed by atoms with Crippen LogP contribution in [0.15, 0.2) is 27.8 Å². The third kappa shape index (κ3) is 2.55. The lowest BCUT2D eigenvalue weighted by atomic mass is 10.1. The van der Waals surface area contributed by atoms with Gasteiger partial charge in [0.05, 0.1) is 6.33 Å². The van der Waals surface area contributed by atoms with Crippen LogP contribution >= 0.6 is 11.6 Å². The van der Waals surface area contributed by atoms with E-state index in [1.165, 1.54) is 6.07 Å². The summed E-state index contributed by atoms with van der Waals surface area (Å²) in [6, 6.07) is 3.25. The maximum Gasteiger partial charge on any atom is 0.258 e. The monoisotopic (exact) mass is 319 g/mol. The van der Waals surface area contributed by atoms with E-state index < -0.39 is 0 Å². The molecule has 7 nitrogen and oxygen atoms in total. The van der Waals surface area contributed by atoms with E-state index >= 15 is 0 Å². The van der Waals surface area contributed by atoms with E-state index in [1.807, 2.05) is 19.9 Å². The molecule has 0 saturated heterocycles. The van der Waals surface area contributed by atoms with E-state index in [-0.39, 0.29) is 17.4 Å². The van der Waals surface area contributed by atoms with Crippen molar-refractivity contribution in [2.75, 3.05) is 0 Å². The lowest BCUT2D eigenvalue weighted by Gasteiger charge is -2.05. The molecule has 1 N–H and O–H groups in total. The summed E-state index contributed by atoms with van der Waals surface area (Å²) in [5.41, 5.74) is 1.73. The summed E-state index contributed by atoms with van der Waals surface area (Å²) < 4.78 is 6.96. The number of rotatable bonds is 3. The molecule has 0 atom stereocenters. The summed E-state index contributed by atoms with van der Waals surface area (Å²) in [5.74, 6) is 0.771. The molecule has 0 radical (unpaired) electrons. The van der Waals surface area contributed by atoms with Gasteiger partial charge in [-0.2, -0.15) is 4.98 Å². The van der Waals surface area contributed by atoms with Crippen LogP contribution in [0.2, 0.25) is 5.15 Å². The van der Waals surface area contributed by atoms with Gasteiger partial charge in [0.25, 0.3) is 5.89 Å². The van der Waals surface area contributed by atoms with E-state index in [0.717, 1.165) is 5.69 Å². The van der Waals surface area contributed by atoms with E-state index in [4.69, 9.17) is 16.1 Å². The van der Waals surface area contributed by atoms with E-state index in [0.29, 0.717) is 22.2 Å². The highest BCUT2D eigenvalue weighted by molar-refractivity contribution is 6.31. The predicted molar refractivity (Wildman–Crippen MR) is 81.7 cm³/mol. The molecular formula is C14H14ClN5O2. The number of halogens is 1. The summed E-state index contributed by atoms with van der Waals surface area (Å²) in [6.45, 7) is 3.98. The Hall–Kier alpha value is -2.41. The third-order valence-corrected chi connectivity index (χ3v) is 3.54. The number of hydrogen-bond donors (Lipinski definition) is 1. The quantitative estimate of drug-likeness (QED) is 0.801. The maximum atomic E-state index is 11.8. The second kappa shape index (κ2) is 5.42. The predicted octanol–water partition coefficient (Wildman–Crippen LogP) is 2.60. The number of nitrogens with zero attached hydrogens (tertiary/aromatic N) is 4. The largest absolute Gasteiger partial charge is 0.334 e. The fraction of sp³-hybridized carbons (Fsp3) is 0.286. The van der Waals surface area contributed by atoms with Gasteiger partial charge in [0, 0.05) is 24.4 Å². The van der Waals surface area contributed by atoms with Crippen molar-refractivity contribution in [2.24, 2.45) is 7.05 Å². The van der Waals surface area contributed by atoms with Gasteiger partial charge in [-0.15, -0.1) is 0 Å². The van der Waals surface area contributed by atoms with Crippen LogP contribution in [-0.4, -0.2) is 24.7 Å². The minimum absolute atomic E-state index is 0.182.